The quantitative estimate of drug-likeness (QED) is 0.853. The van der Waals surface area contributed by atoms with Crippen LogP contribution >= 0.6 is 0 Å². The first-order valence-corrected chi connectivity index (χ1v) is 6.74. The molecule has 2 rings (SSSR count). The summed E-state index contributed by atoms with van der Waals surface area (Å²) in [4.78, 5) is 19.0. The highest BCUT2D eigenvalue weighted by Crippen LogP contribution is 2.14. The normalized spacial score (nSPS) is 19.4. The molecule has 0 saturated carbocycles. The van der Waals surface area contributed by atoms with Crippen LogP contribution in [0.5, 0.6) is 0 Å². The Labute approximate surface area is 115 Å². The molecule has 1 aromatic rings. The lowest BCUT2D eigenvalue weighted by molar-refractivity contribution is 0.0822. The maximum atomic E-state index is 11.8. The lowest BCUT2D eigenvalue weighted by Crippen LogP contribution is -2.56. The van der Waals surface area contributed by atoms with E-state index in [-0.39, 0.29) is 11.4 Å². The molecular formula is C14H24N4O. The molecule has 1 saturated heterocycles. The lowest BCUT2D eigenvalue weighted by Gasteiger charge is -2.38. The fourth-order valence-electron chi connectivity index (χ4n) is 2.52. The average molecular weight is 264 g/mol. The fourth-order valence-corrected chi connectivity index (χ4v) is 2.52. The van der Waals surface area contributed by atoms with Crippen molar-refractivity contribution in [2.75, 3.05) is 33.7 Å². The van der Waals surface area contributed by atoms with Gasteiger partial charge in [-0.25, -0.2) is 0 Å². The molecule has 1 aliphatic heterocycles. The predicted octanol–water partition coefficient (Wildman–Crippen LogP) is 0.900. The Morgan fingerprint density at radius 1 is 1.42 bits per heavy atom. The zero-order valence-corrected chi connectivity index (χ0v) is 12.3. The number of carbonyl (C=O) groups excluding carboxylic acids is 1. The molecule has 1 aliphatic rings. The monoisotopic (exact) mass is 264 g/mol. The predicted molar refractivity (Wildman–Crippen MR) is 76.2 cm³/mol. The third-order valence-electron chi connectivity index (χ3n) is 3.43. The number of amides is 1. The molecule has 2 heterocycles. The highest BCUT2D eigenvalue weighted by Gasteiger charge is 2.25. The molecule has 0 radical (unpaired) electrons. The maximum absolute atomic E-state index is 11.8. The number of rotatable bonds is 3. The SMILES string of the molecule is CN(C)C(=O)c1ccc(CN2CCNC(C)(C)C2)[nH]1. The van der Waals surface area contributed by atoms with E-state index in [0.717, 1.165) is 31.9 Å². The third-order valence-corrected chi connectivity index (χ3v) is 3.43. The van der Waals surface area contributed by atoms with Gasteiger partial charge in [0.25, 0.3) is 5.91 Å². The minimum atomic E-state index is 0.0203. The average Bonchev–Trinajstić information content (AvgIpc) is 2.75. The van der Waals surface area contributed by atoms with E-state index in [2.05, 4.69) is 29.0 Å². The van der Waals surface area contributed by atoms with Crippen LogP contribution in [0.1, 0.15) is 30.0 Å². The van der Waals surface area contributed by atoms with Crippen molar-refractivity contribution in [2.24, 2.45) is 0 Å². The Bertz CT molecular complexity index is 450. The van der Waals surface area contributed by atoms with Crippen LogP contribution in [0.4, 0.5) is 0 Å². The molecule has 19 heavy (non-hydrogen) atoms. The van der Waals surface area contributed by atoms with Gasteiger partial charge in [0.1, 0.15) is 5.69 Å². The Morgan fingerprint density at radius 3 is 2.79 bits per heavy atom. The molecular weight excluding hydrogens is 240 g/mol. The van der Waals surface area contributed by atoms with Crippen molar-refractivity contribution in [2.45, 2.75) is 25.9 Å². The van der Waals surface area contributed by atoms with Crippen LogP contribution in [0.3, 0.4) is 0 Å². The van der Waals surface area contributed by atoms with Crippen molar-refractivity contribution in [3.05, 3.63) is 23.5 Å². The number of carbonyl (C=O) groups is 1. The summed E-state index contributed by atoms with van der Waals surface area (Å²) in [5.74, 6) is 0.0203. The van der Waals surface area contributed by atoms with Crippen LogP contribution in [-0.2, 0) is 6.54 Å². The standard InChI is InChI=1S/C14H24N4O/c1-14(2)10-18(8-7-15-14)9-11-5-6-12(16-11)13(19)17(3)4/h5-6,15-16H,7-10H2,1-4H3. The minimum absolute atomic E-state index is 0.0203. The van der Waals surface area contributed by atoms with Crippen molar-refractivity contribution >= 4 is 5.91 Å². The Hall–Kier alpha value is -1.33. The van der Waals surface area contributed by atoms with Gasteiger partial charge in [-0.2, -0.15) is 0 Å². The van der Waals surface area contributed by atoms with Crippen molar-refractivity contribution in [3.63, 3.8) is 0 Å². The van der Waals surface area contributed by atoms with E-state index in [1.54, 1.807) is 19.0 Å². The summed E-state index contributed by atoms with van der Waals surface area (Å²) in [6, 6.07) is 3.87. The first kappa shape index (κ1) is 14.1. The van der Waals surface area contributed by atoms with Crippen LogP contribution in [0.15, 0.2) is 12.1 Å². The second-order valence-electron chi connectivity index (χ2n) is 6.12. The van der Waals surface area contributed by atoms with E-state index in [1.807, 2.05) is 12.1 Å². The molecule has 5 nitrogen and oxygen atoms in total. The van der Waals surface area contributed by atoms with E-state index in [4.69, 9.17) is 0 Å². The van der Waals surface area contributed by atoms with Crippen molar-refractivity contribution in [1.29, 1.82) is 0 Å². The highest BCUT2D eigenvalue weighted by molar-refractivity contribution is 5.92. The molecule has 2 N–H and O–H groups in total. The lowest BCUT2D eigenvalue weighted by atomic mass is 10.0. The van der Waals surface area contributed by atoms with E-state index in [9.17, 15) is 4.79 Å². The van der Waals surface area contributed by atoms with Crippen molar-refractivity contribution in [1.82, 2.24) is 20.1 Å². The topological polar surface area (TPSA) is 51.4 Å². The molecule has 1 fully saturated rings. The zero-order valence-electron chi connectivity index (χ0n) is 12.3. The zero-order chi connectivity index (χ0) is 14.0. The number of nitrogens with one attached hydrogen (secondary N) is 2. The summed E-state index contributed by atoms with van der Waals surface area (Å²) in [5, 5.41) is 3.50. The summed E-state index contributed by atoms with van der Waals surface area (Å²) >= 11 is 0. The summed E-state index contributed by atoms with van der Waals surface area (Å²) in [7, 11) is 3.53. The van der Waals surface area contributed by atoms with E-state index < -0.39 is 0 Å². The second-order valence-corrected chi connectivity index (χ2v) is 6.12. The number of H-pyrrole nitrogens is 1. The molecule has 0 spiro atoms. The summed E-state index contributed by atoms with van der Waals surface area (Å²) in [6.07, 6.45) is 0. The molecule has 0 aromatic carbocycles. The number of aromatic nitrogens is 1. The van der Waals surface area contributed by atoms with Crippen LogP contribution in [0.2, 0.25) is 0 Å². The van der Waals surface area contributed by atoms with Gasteiger partial charge in [-0.05, 0) is 26.0 Å². The van der Waals surface area contributed by atoms with Gasteiger partial charge in [0, 0.05) is 51.5 Å². The Kier molecular flexibility index (Phi) is 3.96. The van der Waals surface area contributed by atoms with Gasteiger partial charge < -0.3 is 15.2 Å². The number of hydrogen-bond donors (Lipinski definition) is 2. The van der Waals surface area contributed by atoms with Gasteiger partial charge in [-0.15, -0.1) is 0 Å². The highest BCUT2D eigenvalue weighted by atomic mass is 16.2. The molecule has 1 aromatic heterocycles. The molecule has 0 bridgehead atoms. The van der Waals surface area contributed by atoms with Crippen LogP contribution < -0.4 is 5.32 Å². The first-order chi connectivity index (χ1) is 8.87. The van der Waals surface area contributed by atoms with Crippen LogP contribution in [0.25, 0.3) is 0 Å². The molecule has 5 heteroatoms. The van der Waals surface area contributed by atoms with Gasteiger partial charge in [0.2, 0.25) is 0 Å². The van der Waals surface area contributed by atoms with Gasteiger partial charge >= 0.3 is 0 Å². The maximum Gasteiger partial charge on any atom is 0.269 e. The summed E-state index contributed by atoms with van der Waals surface area (Å²) in [5.41, 5.74) is 1.92. The molecule has 106 valence electrons. The molecule has 0 unspecified atom stereocenters. The fraction of sp³-hybridized carbons (Fsp3) is 0.643. The van der Waals surface area contributed by atoms with Crippen molar-refractivity contribution in [3.8, 4) is 0 Å². The third kappa shape index (κ3) is 3.58. The smallest absolute Gasteiger partial charge is 0.269 e. The van der Waals surface area contributed by atoms with Crippen LogP contribution in [-0.4, -0.2) is 60.0 Å². The largest absolute Gasteiger partial charge is 0.353 e. The van der Waals surface area contributed by atoms with Crippen molar-refractivity contribution < 1.29 is 4.79 Å². The summed E-state index contributed by atoms with van der Waals surface area (Å²) < 4.78 is 0. The second kappa shape index (κ2) is 5.35. The minimum Gasteiger partial charge on any atom is -0.353 e. The summed E-state index contributed by atoms with van der Waals surface area (Å²) in [6.45, 7) is 8.37. The number of piperazine rings is 1. The Morgan fingerprint density at radius 2 is 2.16 bits per heavy atom. The van der Waals surface area contributed by atoms with E-state index >= 15 is 0 Å². The molecule has 0 atom stereocenters. The molecule has 0 aliphatic carbocycles. The van der Waals surface area contributed by atoms with E-state index in [1.165, 1.54) is 0 Å². The number of hydrogen-bond acceptors (Lipinski definition) is 3. The number of nitrogens with zero attached hydrogens (tertiary/aromatic N) is 2. The number of aromatic amines is 1. The van der Waals surface area contributed by atoms with E-state index in [0.29, 0.717) is 5.69 Å². The van der Waals surface area contributed by atoms with Gasteiger partial charge in [-0.3, -0.25) is 9.69 Å². The van der Waals surface area contributed by atoms with Gasteiger partial charge in [0.05, 0.1) is 0 Å². The van der Waals surface area contributed by atoms with Gasteiger partial charge in [0.15, 0.2) is 0 Å². The first-order valence-electron chi connectivity index (χ1n) is 6.74. The van der Waals surface area contributed by atoms with Gasteiger partial charge in [-0.1, -0.05) is 0 Å². The molecule has 1 amide bonds. The Balaban J connectivity index is 1.98. The van der Waals surface area contributed by atoms with Crippen LogP contribution in [0, 0.1) is 0 Å².